The zero-order valence-electron chi connectivity index (χ0n) is 8.27. The Labute approximate surface area is 87.7 Å². The number of ether oxygens (including phenoxy) is 1. The molecule has 0 aromatic heterocycles. The Kier molecular flexibility index (Phi) is 2.60. The van der Waals surface area contributed by atoms with Gasteiger partial charge in [0, 0.05) is 6.54 Å². The van der Waals surface area contributed by atoms with E-state index in [-0.39, 0.29) is 11.7 Å². The molecule has 1 aromatic carbocycles. The average Bonchev–Trinajstić information content (AvgIpc) is 3.01. The van der Waals surface area contributed by atoms with Gasteiger partial charge < -0.3 is 15.6 Å². The van der Waals surface area contributed by atoms with E-state index in [1.54, 1.807) is 18.2 Å². The van der Waals surface area contributed by atoms with Crippen molar-refractivity contribution in [1.82, 2.24) is 0 Å². The van der Waals surface area contributed by atoms with Crippen LogP contribution in [0.4, 0.5) is 0 Å². The van der Waals surface area contributed by atoms with E-state index in [1.165, 1.54) is 0 Å². The van der Waals surface area contributed by atoms with Crippen LogP contribution in [0.5, 0.6) is 5.75 Å². The van der Waals surface area contributed by atoms with E-state index >= 15 is 0 Å². The molecule has 15 heavy (non-hydrogen) atoms. The van der Waals surface area contributed by atoms with Gasteiger partial charge >= 0.3 is 5.97 Å². The summed E-state index contributed by atoms with van der Waals surface area (Å²) in [4.78, 5) is 10.9. The molecule has 0 aliphatic heterocycles. The third-order valence-corrected chi connectivity index (χ3v) is 2.33. The highest BCUT2D eigenvalue weighted by atomic mass is 16.5. The second-order valence-corrected chi connectivity index (χ2v) is 3.66. The van der Waals surface area contributed by atoms with E-state index in [1.807, 2.05) is 0 Å². The number of aromatic carboxylic acids is 1. The Morgan fingerprint density at radius 1 is 1.53 bits per heavy atom. The Bertz CT molecular complexity index is 385. The molecule has 1 fully saturated rings. The highest BCUT2D eigenvalue weighted by molar-refractivity contribution is 5.91. The molecule has 0 unspecified atom stereocenters. The third-order valence-electron chi connectivity index (χ3n) is 2.33. The minimum atomic E-state index is -0.964. The monoisotopic (exact) mass is 207 g/mol. The van der Waals surface area contributed by atoms with Gasteiger partial charge in [-0.05, 0) is 30.5 Å². The maximum absolute atomic E-state index is 10.9. The first kappa shape index (κ1) is 9.98. The molecule has 0 bridgehead atoms. The number of nitrogens with two attached hydrogens (primary N) is 1. The number of benzene rings is 1. The van der Waals surface area contributed by atoms with Crippen molar-refractivity contribution in [2.75, 3.05) is 0 Å². The summed E-state index contributed by atoms with van der Waals surface area (Å²) in [5.41, 5.74) is 6.58. The predicted molar refractivity (Wildman–Crippen MR) is 54.9 cm³/mol. The van der Waals surface area contributed by atoms with E-state index in [0.717, 1.165) is 18.4 Å². The van der Waals surface area contributed by atoms with Crippen molar-refractivity contribution >= 4 is 5.97 Å². The number of carbonyl (C=O) groups is 1. The summed E-state index contributed by atoms with van der Waals surface area (Å²) in [5, 5.41) is 8.95. The molecular formula is C11H13NO3. The van der Waals surface area contributed by atoms with E-state index in [0.29, 0.717) is 12.3 Å². The Balaban J connectivity index is 2.30. The van der Waals surface area contributed by atoms with Gasteiger partial charge in [-0.15, -0.1) is 0 Å². The van der Waals surface area contributed by atoms with E-state index in [2.05, 4.69) is 0 Å². The van der Waals surface area contributed by atoms with Crippen LogP contribution in [0.2, 0.25) is 0 Å². The molecule has 0 atom stereocenters. The smallest absolute Gasteiger partial charge is 0.339 e. The first-order chi connectivity index (χ1) is 7.20. The topological polar surface area (TPSA) is 72.6 Å². The van der Waals surface area contributed by atoms with Gasteiger partial charge in [-0.3, -0.25) is 0 Å². The number of carboxylic acids is 1. The second kappa shape index (κ2) is 3.90. The molecule has 0 amide bonds. The lowest BCUT2D eigenvalue weighted by molar-refractivity contribution is 0.0692. The van der Waals surface area contributed by atoms with E-state index in [4.69, 9.17) is 15.6 Å². The zero-order valence-corrected chi connectivity index (χ0v) is 8.27. The highest BCUT2D eigenvalue weighted by Crippen LogP contribution is 2.29. The van der Waals surface area contributed by atoms with E-state index < -0.39 is 5.97 Å². The second-order valence-electron chi connectivity index (χ2n) is 3.66. The summed E-state index contributed by atoms with van der Waals surface area (Å²) < 4.78 is 5.52. The van der Waals surface area contributed by atoms with Gasteiger partial charge in [-0.25, -0.2) is 4.79 Å². The molecule has 0 saturated heterocycles. The molecule has 80 valence electrons. The lowest BCUT2D eigenvalue weighted by atomic mass is 10.1. The summed E-state index contributed by atoms with van der Waals surface area (Å²) in [5.74, 6) is -0.526. The molecular weight excluding hydrogens is 194 g/mol. The molecule has 1 aliphatic carbocycles. The van der Waals surface area contributed by atoms with Crippen molar-refractivity contribution < 1.29 is 14.6 Å². The zero-order chi connectivity index (χ0) is 10.8. The number of carboxylic acid groups (broad SMARTS) is 1. The van der Waals surface area contributed by atoms with Crippen molar-refractivity contribution in [2.24, 2.45) is 5.73 Å². The maximum atomic E-state index is 10.9. The summed E-state index contributed by atoms with van der Waals surface area (Å²) in [7, 11) is 0. The van der Waals surface area contributed by atoms with Gasteiger partial charge in [-0.2, -0.15) is 0 Å². The fourth-order valence-electron chi connectivity index (χ4n) is 1.33. The van der Waals surface area contributed by atoms with Gasteiger partial charge in [0.15, 0.2) is 0 Å². The minimum absolute atomic E-state index is 0.191. The van der Waals surface area contributed by atoms with Crippen LogP contribution in [0, 0.1) is 0 Å². The SMILES string of the molecule is NCc1ccc(C(=O)O)c(OC2CC2)c1. The lowest BCUT2D eigenvalue weighted by Gasteiger charge is -2.09. The van der Waals surface area contributed by atoms with E-state index in [9.17, 15) is 4.79 Å². The molecule has 0 heterocycles. The van der Waals surface area contributed by atoms with Crippen molar-refractivity contribution in [3.8, 4) is 5.75 Å². The first-order valence-corrected chi connectivity index (χ1v) is 4.93. The number of hydrogen-bond donors (Lipinski definition) is 2. The van der Waals surface area contributed by atoms with Gasteiger partial charge in [-0.1, -0.05) is 6.07 Å². The predicted octanol–water partition coefficient (Wildman–Crippen LogP) is 1.38. The molecule has 3 N–H and O–H groups in total. The normalized spacial score (nSPS) is 15.0. The minimum Gasteiger partial charge on any atom is -0.490 e. The molecule has 0 radical (unpaired) electrons. The lowest BCUT2D eigenvalue weighted by Crippen LogP contribution is -2.06. The van der Waals surface area contributed by atoms with Crippen LogP contribution in [0.15, 0.2) is 18.2 Å². The Hall–Kier alpha value is -1.55. The van der Waals surface area contributed by atoms with Crippen LogP contribution in [0.25, 0.3) is 0 Å². The molecule has 1 saturated carbocycles. The largest absolute Gasteiger partial charge is 0.490 e. The summed E-state index contributed by atoms with van der Waals surface area (Å²) in [6.45, 7) is 0.390. The van der Waals surface area contributed by atoms with Gasteiger partial charge in [0.2, 0.25) is 0 Å². The van der Waals surface area contributed by atoms with Crippen molar-refractivity contribution in [2.45, 2.75) is 25.5 Å². The standard InChI is InChI=1S/C11H13NO3/c12-6-7-1-4-9(11(13)14)10(5-7)15-8-2-3-8/h1,4-5,8H,2-3,6,12H2,(H,13,14). The number of hydrogen-bond acceptors (Lipinski definition) is 3. The fourth-order valence-corrected chi connectivity index (χ4v) is 1.33. The average molecular weight is 207 g/mol. The molecule has 1 aliphatic rings. The van der Waals surface area contributed by atoms with Crippen LogP contribution in [0.3, 0.4) is 0 Å². The maximum Gasteiger partial charge on any atom is 0.339 e. The highest BCUT2D eigenvalue weighted by Gasteiger charge is 2.25. The van der Waals surface area contributed by atoms with Gasteiger partial charge in [0.25, 0.3) is 0 Å². The van der Waals surface area contributed by atoms with Gasteiger partial charge in [0.1, 0.15) is 11.3 Å². The Morgan fingerprint density at radius 2 is 2.27 bits per heavy atom. The molecule has 0 spiro atoms. The molecule has 2 rings (SSSR count). The fraction of sp³-hybridized carbons (Fsp3) is 0.364. The first-order valence-electron chi connectivity index (χ1n) is 4.93. The van der Waals surface area contributed by atoms with Crippen LogP contribution in [0.1, 0.15) is 28.8 Å². The van der Waals surface area contributed by atoms with Gasteiger partial charge in [0.05, 0.1) is 6.10 Å². The quantitative estimate of drug-likeness (QED) is 0.782. The van der Waals surface area contributed by atoms with Crippen molar-refractivity contribution in [3.05, 3.63) is 29.3 Å². The van der Waals surface area contributed by atoms with Crippen LogP contribution >= 0.6 is 0 Å². The molecule has 1 aromatic rings. The van der Waals surface area contributed by atoms with Crippen molar-refractivity contribution in [3.63, 3.8) is 0 Å². The number of rotatable bonds is 4. The van der Waals surface area contributed by atoms with Crippen molar-refractivity contribution in [1.29, 1.82) is 0 Å². The summed E-state index contributed by atoms with van der Waals surface area (Å²) in [6, 6.07) is 4.97. The Morgan fingerprint density at radius 3 is 2.80 bits per heavy atom. The third kappa shape index (κ3) is 2.27. The molecule has 4 nitrogen and oxygen atoms in total. The van der Waals surface area contributed by atoms with Crippen LogP contribution in [-0.2, 0) is 6.54 Å². The van der Waals surface area contributed by atoms with Crippen LogP contribution < -0.4 is 10.5 Å². The molecule has 4 heteroatoms. The van der Waals surface area contributed by atoms with Crippen LogP contribution in [-0.4, -0.2) is 17.2 Å². The summed E-state index contributed by atoms with van der Waals surface area (Å²) >= 11 is 0. The summed E-state index contributed by atoms with van der Waals surface area (Å²) in [6.07, 6.45) is 2.20.